The molecule has 0 atom stereocenters. The molecule has 0 fully saturated rings. The second-order valence-electron chi connectivity index (χ2n) is 4.77. The minimum absolute atomic E-state index is 0.0151. The van der Waals surface area contributed by atoms with Crippen molar-refractivity contribution in [1.82, 2.24) is 4.57 Å². The highest BCUT2D eigenvalue weighted by atomic mass is 79.9. The Balaban J connectivity index is 1.89. The fourth-order valence-corrected chi connectivity index (χ4v) is 2.76. The molecule has 2 aromatic rings. The summed E-state index contributed by atoms with van der Waals surface area (Å²) in [7, 11) is 0. The highest BCUT2D eigenvalue weighted by Gasteiger charge is 2.17. The van der Waals surface area contributed by atoms with Crippen LogP contribution >= 0.6 is 15.9 Å². The Kier molecular flexibility index (Phi) is 3.55. The van der Waals surface area contributed by atoms with Gasteiger partial charge in [0.1, 0.15) is 0 Å². The molecular weight excluding hydrogens is 338 g/mol. The van der Waals surface area contributed by atoms with E-state index in [0.717, 1.165) is 4.47 Å². The fourth-order valence-electron chi connectivity index (χ4n) is 2.17. The maximum absolute atomic E-state index is 12.3. The van der Waals surface area contributed by atoms with Gasteiger partial charge in [0, 0.05) is 21.8 Å². The predicted molar refractivity (Wildman–Crippen MR) is 80.0 cm³/mol. The zero-order chi connectivity index (χ0) is 15.0. The number of hydrogen-bond acceptors (Lipinski definition) is 4. The zero-order valence-electron chi connectivity index (χ0n) is 11.3. The molecular formula is C15H12BrNO4. The quantitative estimate of drug-likeness (QED) is 0.799. The molecule has 21 heavy (non-hydrogen) atoms. The summed E-state index contributed by atoms with van der Waals surface area (Å²) in [5.74, 6) is 1.02. The number of Topliss-reactive ketones (excluding diaryl/α,β-unsaturated/α-hetero) is 1. The van der Waals surface area contributed by atoms with E-state index in [1.54, 1.807) is 37.4 Å². The smallest absolute Gasteiger partial charge is 0.253 e. The van der Waals surface area contributed by atoms with Crippen LogP contribution in [0.3, 0.4) is 0 Å². The van der Waals surface area contributed by atoms with Gasteiger partial charge in [-0.25, -0.2) is 0 Å². The SMILES string of the molecule is Cc1cc(Br)cn(CC(=O)c2ccc3c(c2)OCO3)c1=O. The van der Waals surface area contributed by atoms with Crippen LogP contribution in [0.15, 0.2) is 39.7 Å². The molecule has 0 amide bonds. The number of benzene rings is 1. The molecule has 0 radical (unpaired) electrons. The van der Waals surface area contributed by atoms with E-state index in [-0.39, 0.29) is 24.7 Å². The van der Waals surface area contributed by atoms with Crippen molar-refractivity contribution in [2.24, 2.45) is 0 Å². The summed E-state index contributed by atoms with van der Waals surface area (Å²) in [5.41, 5.74) is 0.902. The Morgan fingerprint density at radius 1 is 1.29 bits per heavy atom. The molecule has 108 valence electrons. The molecule has 0 bridgehead atoms. The van der Waals surface area contributed by atoms with Crippen molar-refractivity contribution in [1.29, 1.82) is 0 Å². The number of aryl methyl sites for hydroxylation is 1. The maximum Gasteiger partial charge on any atom is 0.253 e. The van der Waals surface area contributed by atoms with Crippen LogP contribution in [0.25, 0.3) is 0 Å². The van der Waals surface area contributed by atoms with Crippen molar-refractivity contribution in [3.8, 4) is 11.5 Å². The van der Waals surface area contributed by atoms with Crippen LogP contribution in [0.5, 0.6) is 11.5 Å². The largest absolute Gasteiger partial charge is 0.454 e. The van der Waals surface area contributed by atoms with Gasteiger partial charge in [0.25, 0.3) is 5.56 Å². The number of carbonyl (C=O) groups is 1. The Bertz CT molecular complexity index is 782. The summed E-state index contributed by atoms with van der Waals surface area (Å²) >= 11 is 3.33. The van der Waals surface area contributed by atoms with Crippen LogP contribution in [0, 0.1) is 6.92 Å². The van der Waals surface area contributed by atoms with E-state index in [2.05, 4.69) is 15.9 Å². The van der Waals surface area contributed by atoms with E-state index in [1.165, 1.54) is 4.57 Å². The molecule has 0 N–H and O–H groups in total. The molecule has 1 aliphatic heterocycles. The summed E-state index contributed by atoms with van der Waals surface area (Å²) in [4.78, 5) is 24.3. The zero-order valence-corrected chi connectivity index (χ0v) is 12.8. The van der Waals surface area contributed by atoms with E-state index in [4.69, 9.17) is 9.47 Å². The Labute approximate surface area is 129 Å². The first-order chi connectivity index (χ1) is 10.0. The molecule has 2 heterocycles. The van der Waals surface area contributed by atoms with Crippen molar-refractivity contribution >= 4 is 21.7 Å². The lowest BCUT2D eigenvalue weighted by Crippen LogP contribution is -2.25. The average molecular weight is 350 g/mol. The third kappa shape index (κ3) is 2.71. The maximum atomic E-state index is 12.3. The fraction of sp³-hybridized carbons (Fsp3) is 0.200. The number of aromatic nitrogens is 1. The second kappa shape index (κ2) is 5.37. The molecule has 5 nitrogen and oxygen atoms in total. The minimum atomic E-state index is -0.174. The Morgan fingerprint density at radius 3 is 2.86 bits per heavy atom. The van der Waals surface area contributed by atoms with Crippen LogP contribution < -0.4 is 15.0 Å². The molecule has 0 saturated heterocycles. The number of ether oxygens (including phenoxy) is 2. The normalized spacial score (nSPS) is 12.5. The summed E-state index contributed by atoms with van der Waals surface area (Å²) in [5, 5.41) is 0. The van der Waals surface area contributed by atoms with Crippen LogP contribution in [0.1, 0.15) is 15.9 Å². The third-order valence-electron chi connectivity index (χ3n) is 3.24. The lowest BCUT2D eigenvalue weighted by atomic mass is 10.1. The van der Waals surface area contributed by atoms with Crippen molar-refractivity contribution in [3.05, 3.63) is 56.4 Å². The van der Waals surface area contributed by atoms with E-state index in [1.807, 2.05) is 0 Å². The summed E-state index contributed by atoms with van der Waals surface area (Å²) in [6, 6.07) is 6.74. The minimum Gasteiger partial charge on any atom is -0.454 e. The van der Waals surface area contributed by atoms with Crippen LogP contribution in [0.2, 0.25) is 0 Å². The van der Waals surface area contributed by atoms with Gasteiger partial charge in [0.05, 0.1) is 6.54 Å². The number of carbonyl (C=O) groups excluding carboxylic acids is 1. The molecule has 0 unspecified atom stereocenters. The molecule has 0 saturated carbocycles. The number of fused-ring (bicyclic) bond motifs is 1. The Hall–Kier alpha value is -2.08. The number of rotatable bonds is 3. The van der Waals surface area contributed by atoms with Crippen LogP contribution in [-0.2, 0) is 6.54 Å². The van der Waals surface area contributed by atoms with Crippen molar-refractivity contribution in [2.45, 2.75) is 13.5 Å². The molecule has 1 aromatic heterocycles. The number of halogens is 1. The lowest BCUT2D eigenvalue weighted by molar-refractivity contribution is 0.0970. The average Bonchev–Trinajstić information content (AvgIpc) is 2.91. The van der Waals surface area contributed by atoms with Gasteiger partial charge in [0.2, 0.25) is 6.79 Å². The van der Waals surface area contributed by atoms with E-state index in [9.17, 15) is 9.59 Å². The lowest BCUT2D eigenvalue weighted by Gasteiger charge is -2.07. The van der Waals surface area contributed by atoms with Gasteiger partial charge in [-0.2, -0.15) is 0 Å². The van der Waals surface area contributed by atoms with Gasteiger partial charge >= 0.3 is 0 Å². The number of ketones is 1. The van der Waals surface area contributed by atoms with Crippen LogP contribution in [0.4, 0.5) is 0 Å². The number of pyridine rings is 1. The summed E-state index contributed by atoms with van der Waals surface area (Å²) < 4.78 is 12.6. The summed E-state index contributed by atoms with van der Waals surface area (Å²) in [6.07, 6.45) is 1.61. The topological polar surface area (TPSA) is 57.5 Å². The van der Waals surface area contributed by atoms with E-state index < -0.39 is 0 Å². The van der Waals surface area contributed by atoms with Gasteiger partial charge in [-0.15, -0.1) is 0 Å². The first kappa shape index (κ1) is 13.9. The summed E-state index contributed by atoms with van der Waals surface area (Å²) in [6.45, 7) is 1.87. The van der Waals surface area contributed by atoms with Crippen molar-refractivity contribution in [3.63, 3.8) is 0 Å². The molecule has 3 rings (SSSR count). The predicted octanol–water partition coefficient (Wildman–Crippen LogP) is 2.53. The van der Waals surface area contributed by atoms with Gasteiger partial charge < -0.3 is 14.0 Å². The molecule has 6 heteroatoms. The standard InChI is InChI=1S/C15H12BrNO4/c1-9-4-11(16)6-17(15(9)19)7-12(18)10-2-3-13-14(5-10)21-8-20-13/h2-6H,7-8H2,1H3. The Morgan fingerprint density at radius 2 is 2.05 bits per heavy atom. The van der Waals surface area contributed by atoms with Gasteiger partial charge in [-0.3, -0.25) is 9.59 Å². The molecule has 0 spiro atoms. The number of nitrogens with zero attached hydrogens (tertiary/aromatic N) is 1. The van der Waals surface area contributed by atoms with Gasteiger partial charge in [-0.1, -0.05) is 0 Å². The van der Waals surface area contributed by atoms with Crippen molar-refractivity contribution < 1.29 is 14.3 Å². The number of hydrogen-bond donors (Lipinski definition) is 0. The molecule has 1 aliphatic rings. The second-order valence-corrected chi connectivity index (χ2v) is 5.68. The van der Waals surface area contributed by atoms with Crippen molar-refractivity contribution in [2.75, 3.05) is 6.79 Å². The first-order valence-corrected chi connectivity index (χ1v) is 7.13. The molecule has 0 aliphatic carbocycles. The van der Waals surface area contributed by atoms with Crippen LogP contribution in [-0.4, -0.2) is 17.1 Å². The highest BCUT2D eigenvalue weighted by Crippen LogP contribution is 2.32. The third-order valence-corrected chi connectivity index (χ3v) is 3.67. The van der Waals surface area contributed by atoms with E-state index in [0.29, 0.717) is 22.6 Å². The van der Waals surface area contributed by atoms with E-state index >= 15 is 0 Å². The van der Waals surface area contributed by atoms with Gasteiger partial charge in [0.15, 0.2) is 17.3 Å². The highest BCUT2D eigenvalue weighted by molar-refractivity contribution is 9.10. The van der Waals surface area contributed by atoms with Gasteiger partial charge in [-0.05, 0) is 47.1 Å². The molecule has 1 aromatic carbocycles. The first-order valence-electron chi connectivity index (χ1n) is 6.34. The monoisotopic (exact) mass is 349 g/mol.